The fraction of sp³-hybridized carbons (Fsp3) is 0.800. The third-order valence-corrected chi connectivity index (χ3v) is 4.81. The van der Waals surface area contributed by atoms with Crippen molar-refractivity contribution in [1.82, 2.24) is 31.0 Å². The molecule has 0 spiro atoms. The highest BCUT2D eigenvalue weighted by Crippen LogP contribution is 2.11. The number of likely N-dealkylation sites (tertiary alicyclic amines) is 1. The summed E-state index contributed by atoms with van der Waals surface area (Å²) < 4.78 is 5.28. The van der Waals surface area contributed by atoms with Crippen LogP contribution in [-0.2, 0) is 11.2 Å². The largest absolute Gasteiger partial charge is 0.357 e. The number of hydrogen-bond donors (Lipinski definition) is 3. The zero-order chi connectivity index (χ0) is 21.1. The van der Waals surface area contributed by atoms with E-state index < -0.39 is 0 Å². The van der Waals surface area contributed by atoms with E-state index in [-0.39, 0.29) is 11.8 Å². The lowest BCUT2D eigenvalue weighted by Gasteiger charge is -2.32. The molecule has 1 fully saturated rings. The van der Waals surface area contributed by atoms with Gasteiger partial charge in [0.2, 0.25) is 11.8 Å². The molecule has 3 N–H and O–H groups in total. The van der Waals surface area contributed by atoms with E-state index in [0.717, 1.165) is 57.2 Å². The Labute approximate surface area is 174 Å². The number of nitrogens with one attached hydrogen (secondary N) is 3. The molecular formula is C20H37N7O2. The number of carbonyl (C=O) groups excluding carboxylic acids is 1. The van der Waals surface area contributed by atoms with Crippen molar-refractivity contribution in [3.05, 3.63) is 11.7 Å². The van der Waals surface area contributed by atoms with Crippen LogP contribution in [0.3, 0.4) is 0 Å². The third-order valence-electron chi connectivity index (χ3n) is 4.81. The summed E-state index contributed by atoms with van der Waals surface area (Å²) in [6.45, 7) is 12.7. The Hall–Kier alpha value is -2.16. The SMILES string of the molecule is CCCNC(=O)CN1CCC(NC(=NCCc2nc(C(C)C)no2)NCC)CC1. The first kappa shape index (κ1) is 23.1. The first-order chi connectivity index (χ1) is 14.0. The van der Waals surface area contributed by atoms with Crippen LogP contribution in [0.4, 0.5) is 0 Å². The minimum Gasteiger partial charge on any atom is -0.357 e. The summed E-state index contributed by atoms with van der Waals surface area (Å²) in [6.07, 6.45) is 3.58. The molecule has 1 aromatic heterocycles. The second-order valence-corrected chi connectivity index (χ2v) is 7.76. The summed E-state index contributed by atoms with van der Waals surface area (Å²) in [5.41, 5.74) is 0. The Bertz CT molecular complexity index is 637. The quantitative estimate of drug-likeness (QED) is 0.396. The standard InChI is InChI=1S/C20H37N7O2/c1-5-10-22-17(28)14-27-12-8-16(9-13-27)24-20(21-6-2)23-11-7-18-25-19(15(3)4)26-29-18/h15-16H,5-14H2,1-4H3,(H,22,28)(H2,21,23,24). The summed E-state index contributed by atoms with van der Waals surface area (Å²) in [7, 11) is 0. The number of amides is 1. The van der Waals surface area contributed by atoms with E-state index in [1.807, 2.05) is 13.8 Å². The van der Waals surface area contributed by atoms with Crippen LogP contribution >= 0.6 is 0 Å². The van der Waals surface area contributed by atoms with Gasteiger partial charge in [0.15, 0.2) is 11.8 Å². The second-order valence-electron chi connectivity index (χ2n) is 7.76. The number of carbonyl (C=O) groups is 1. The molecule has 1 aromatic rings. The molecule has 0 aliphatic carbocycles. The van der Waals surface area contributed by atoms with Crippen molar-refractivity contribution in [3.8, 4) is 0 Å². The van der Waals surface area contributed by atoms with E-state index in [4.69, 9.17) is 4.52 Å². The molecule has 2 heterocycles. The average molecular weight is 408 g/mol. The van der Waals surface area contributed by atoms with Crippen molar-refractivity contribution >= 4 is 11.9 Å². The Morgan fingerprint density at radius 2 is 2.03 bits per heavy atom. The predicted molar refractivity (Wildman–Crippen MR) is 114 cm³/mol. The molecule has 2 rings (SSSR count). The van der Waals surface area contributed by atoms with Crippen molar-refractivity contribution in [2.24, 2.45) is 4.99 Å². The van der Waals surface area contributed by atoms with E-state index in [1.165, 1.54) is 0 Å². The molecule has 0 bridgehead atoms. The fourth-order valence-corrected chi connectivity index (χ4v) is 3.14. The van der Waals surface area contributed by atoms with Gasteiger partial charge in [-0.2, -0.15) is 4.98 Å². The molecule has 1 aliphatic heterocycles. The number of nitrogens with zero attached hydrogens (tertiary/aromatic N) is 4. The molecule has 0 atom stereocenters. The van der Waals surface area contributed by atoms with E-state index in [0.29, 0.717) is 31.4 Å². The summed E-state index contributed by atoms with van der Waals surface area (Å²) in [6, 6.07) is 0.360. The number of guanidine groups is 1. The summed E-state index contributed by atoms with van der Waals surface area (Å²) in [5, 5.41) is 13.8. The van der Waals surface area contributed by atoms with Gasteiger partial charge in [-0.1, -0.05) is 25.9 Å². The highest BCUT2D eigenvalue weighted by atomic mass is 16.5. The lowest BCUT2D eigenvalue weighted by molar-refractivity contribution is -0.122. The monoisotopic (exact) mass is 407 g/mol. The average Bonchev–Trinajstić information content (AvgIpc) is 3.17. The normalized spacial score (nSPS) is 16.2. The molecule has 0 aromatic carbocycles. The van der Waals surface area contributed by atoms with Crippen LogP contribution in [0.25, 0.3) is 0 Å². The number of hydrogen-bond acceptors (Lipinski definition) is 6. The van der Waals surface area contributed by atoms with E-state index >= 15 is 0 Å². The zero-order valence-corrected chi connectivity index (χ0v) is 18.3. The Balaban J connectivity index is 1.75. The molecule has 164 valence electrons. The minimum atomic E-state index is 0.120. The Morgan fingerprint density at radius 3 is 2.66 bits per heavy atom. The number of rotatable bonds is 10. The molecule has 9 heteroatoms. The van der Waals surface area contributed by atoms with Gasteiger partial charge in [-0.15, -0.1) is 0 Å². The highest BCUT2D eigenvalue weighted by Gasteiger charge is 2.21. The van der Waals surface area contributed by atoms with Gasteiger partial charge in [-0.05, 0) is 26.2 Å². The van der Waals surface area contributed by atoms with E-state index in [9.17, 15) is 4.79 Å². The van der Waals surface area contributed by atoms with Crippen molar-refractivity contribution in [2.75, 3.05) is 39.3 Å². The molecule has 29 heavy (non-hydrogen) atoms. The van der Waals surface area contributed by atoms with Crippen LogP contribution in [0.15, 0.2) is 9.52 Å². The fourth-order valence-electron chi connectivity index (χ4n) is 3.14. The van der Waals surface area contributed by atoms with Gasteiger partial charge < -0.3 is 20.5 Å². The highest BCUT2D eigenvalue weighted by molar-refractivity contribution is 5.80. The van der Waals surface area contributed by atoms with Crippen LogP contribution in [0.5, 0.6) is 0 Å². The predicted octanol–water partition coefficient (Wildman–Crippen LogP) is 1.28. The van der Waals surface area contributed by atoms with Crippen LogP contribution in [0.1, 0.15) is 64.6 Å². The van der Waals surface area contributed by atoms with Crippen LogP contribution < -0.4 is 16.0 Å². The van der Waals surface area contributed by atoms with Gasteiger partial charge in [0.25, 0.3) is 0 Å². The van der Waals surface area contributed by atoms with Crippen LogP contribution in [-0.4, -0.2) is 72.2 Å². The molecule has 0 unspecified atom stereocenters. The van der Waals surface area contributed by atoms with Crippen molar-refractivity contribution < 1.29 is 9.32 Å². The number of aliphatic imine (C=N–C) groups is 1. The molecule has 1 saturated heterocycles. The molecular weight excluding hydrogens is 370 g/mol. The Kier molecular flexibility index (Phi) is 9.90. The third kappa shape index (κ3) is 8.39. The lowest BCUT2D eigenvalue weighted by Crippen LogP contribution is -2.50. The van der Waals surface area contributed by atoms with E-state index in [1.54, 1.807) is 0 Å². The maximum absolute atomic E-state index is 11.9. The number of piperidine rings is 1. The van der Waals surface area contributed by atoms with Crippen molar-refractivity contribution in [1.29, 1.82) is 0 Å². The van der Waals surface area contributed by atoms with Crippen molar-refractivity contribution in [2.45, 2.75) is 65.3 Å². The van der Waals surface area contributed by atoms with Gasteiger partial charge in [-0.25, -0.2) is 0 Å². The van der Waals surface area contributed by atoms with Gasteiger partial charge in [-0.3, -0.25) is 14.7 Å². The van der Waals surface area contributed by atoms with Gasteiger partial charge in [0.05, 0.1) is 13.1 Å². The topological polar surface area (TPSA) is 108 Å². The molecule has 9 nitrogen and oxygen atoms in total. The lowest BCUT2D eigenvalue weighted by atomic mass is 10.1. The van der Waals surface area contributed by atoms with Crippen molar-refractivity contribution in [3.63, 3.8) is 0 Å². The zero-order valence-electron chi connectivity index (χ0n) is 18.3. The first-order valence-corrected chi connectivity index (χ1v) is 10.9. The van der Waals surface area contributed by atoms with E-state index in [2.05, 4.69) is 49.8 Å². The van der Waals surface area contributed by atoms with Crippen LogP contribution in [0, 0.1) is 0 Å². The van der Waals surface area contributed by atoms with Gasteiger partial charge in [0.1, 0.15) is 0 Å². The second kappa shape index (κ2) is 12.4. The molecule has 0 saturated carbocycles. The summed E-state index contributed by atoms with van der Waals surface area (Å²) in [5.74, 6) is 2.57. The maximum Gasteiger partial charge on any atom is 0.234 e. The molecule has 1 aliphatic rings. The smallest absolute Gasteiger partial charge is 0.234 e. The summed E-state index contributed by atoms with van der Waals surface area (Å²) >= 11 is 0. The molecule has 1 amide bonds. The maximum atomic E-state index is 11.9. The van der Waals surface area contributed by atoms with Gasteiger partial charge >= 0.3 is 0 Å². The van der Waals surface area contributed by atoms with Gasteiger partial charge in [0, 0.05) is 44.6 Å². The minimum absolute atomic E-state index is 0.120. The summed E-state index contributed by atoms with van der Waals surface area (Å²) in [4.78, 5) is 23.1. The number of aromatic nitrogens is 2. The van der Waals surface area contributed by atoms with Crippen LogP contribution in [0.2, 0.25) is 0 Å². The molecule has 0 radical (unpaired) electrons. The Morgan fingerprint density at radius 1 is 1.28 bits per heavy atom. The first-order valence-electron chi connectivity index (χ1n) is 10.9.